The predicted molar refractivity (Wildman–Crippen MR) is 94.1 cm³/mol. The molecule has 24 heavy (non-hydrogen) atoms. The van der Waals surface area contributed by atoms with Crippen LogP contribution in [0.5, 0.6) is 0 Å². The fourth-order valence-corrected chi connectivity index (χ4v) is 3.49. The van der Waals surface area contributed by atoms with E-state index in [2.05, 4.69) is 63.8 Å². The quantitative estimate of drug-likeness (QED) is 0.559. The van der Waals surface area contributed by atoms with Crippen LogP contribution in [0.1, 0.15) is 16.4 Å². The maximum atomic E-state index is 5.12. The number of aromatic nitrogens is 4. The number of benzene rings is 2. The lowest BCUT2D eigenvalue weighted by atomic mass is 10.0. The molecule has 0 fully saturated rings. The van der Waals surface area contributed by atoms with Crippen LogP contribution in [0.4, 0.5) is 0 Å². The average molecular weight is 336 g/mol. The van der Waals surface area contributed by atoms with Crippen LogP contribution in [0, 0.1) is 0 Å². The van der Waals surface area contributed by atoms with Gasteiger partial charge in [0.05, 0.1) is 0 Å². The Morgan fingerprint density at radius 1 is 0.958 bits per heavy atom. The van der Waals surface area contributed by atoms with E-state index < -0.39 is 0 Å². The summed E-state index contributed by atoms with van der Waals surface area (Å²) < 4.78 is 6.88. The predicted octanol–water partition coefficient (Wildman–Crippen LogP) is 3.59. The molecule has 2 aromatic carbocycles. The normalized spacial score (nSPS) is 11.2. The first-order valence-corrected chi connectivity index (χ1v) is 8.48. The van der Waals surface area contributed by atoms with E-state index in [1.807, 2.05) is 6.07 Å². The first-order chi connectivity index (χ1) is 11.8. The minimum atomic E-state index is 0.413. The number of hydrogen-bond donors (Lipinski definition) is 0. The van der Waals surface area contributed by atoms with Gasteiger partial charge in [-0.3, -0.25) is 0 Å². The molecule has 6 heteroatoms. The summed E-state index contributed by atoms with van der Waals surface area (Å²) in [5.74, 6) is 0.731. The Morgan fingerprint density at radius 3 is 2.46 bits per heavy atom. The van der Waals surface area contributed by atoms with Gasteiger partial charge in [-0.2, -0.15) is 9.61 Å². The summed E-state index contributed by atoms with van der Waals surface area (Å²) in [7, 11) is 1.64. The fraction of sp³-hybridized carbons (Fsp3) is 0.167. The van der Waals surface area contributed by atoms with Crippen molar-refractivity contribution in [2.24, 2.45) is 0 Å². The van der Waals surface area contributed by atoms with Crippen molar-refractivity contribution in [3.8, 4) is 11.1 Å². The van der Waals surface area contributed by atoms with Gasteiger partial charge >= 0.3 is 0 Å². The van der Waals surface area contributed by atoms with Crippen molar-refractivity contribution in [1.82, 2.24) is 19.8 Å². The molecular formula is C18H16N4OS. The Labute approximate surface area is 143 Å². The third-order valence-corrected chi connectivity index (χ3v) is 4.69. The van der Waals surface area contributed by atoms with Gasteiger partial charge in [-0.15, -0.1) is 10.2 Å². The van der Waals surface area contributed by atoms with Crippen LogP contribution < -0.4 is 0 Å². The summed E-state index contributed by atoms with van der Waals surface area (Å²) in [5, 5.41) is 13.8. The van der Waals surface area contributed by atoms with Crippen molar-refractivity contribution >= 4 is 16.3 Å². The smallest absolute Gasteiger partial charge is 0.234 e. The van der Waals surface area contributed by atoms with Crippen LogP contribution in [0.25, 0.3) is 16.1 Å². The van der Waals surface area contributed by atoms with Gasteiger partial charge in [0.1, 0.15) is 11.6 Å². The van der Waals surface area contributed by atoms with Gasteiger partial charge in [-0.25, -0.2) is 0 Å². The van der Waals surface area contributed by atoms with Gasteiger partial charge in [0.15, 0.2) is 5.82 Å². The fourth-order valence-electron chi connectivity index (χ4n) is 2.61. The Hall–Kier alpha value is -2.57. The Kier molecular flexibility index (Phi) is 4.06. The molecule has 0 spiro atoms. The van der Waals surface area contributed by atoms with Crippen LogP contribution in [0.3, 0.4) is 0 Å². The van der Waals surface area contributed by atoms with E-state index in [4.69, 9.17) is 4.74 Å². The van der Waals surface area contributed by atoms with E-state index in [9.17, 15) is 0 Å². The molecule has 0 bridgehead atoms. The van der Waals surface area contributed by atoms with E-state index in [0.29, 0.717) is 6.61 Å². The Balaban J connectivity index is 1.55. The lowest BCUT2D eigenvalue weighted by Crippen LogP contribution is -1.98. The molecular weight excluding hydrogens is 320 g/mol. The molecule has 4 rings (SSSR count). The van der Waals surface area contributed by atoms with Crippen LogP contribution in [-0.4, -0.2) is 26.9 Å². The van der Waals surface area contributed by atoms with E-state index >= 15 is 0 Å². The van der Waals surface area contributed by atoms with Crippen LogP contribution >= 0.6 is 11.3 Å². The molecule has 4 aromatic rings. The molecule has 0 radical (unpaired) electrons. The lowest BCUT2D eigenvalue weighted by Gasteiger charge is -2.03. The summed E-state index contributed by atoms with van der Waals surface area (Å²) >= 11 is 1.56. The van der Waals surface area contributed by atoms with Crippen molar-refractivity contribution in [2.45, 2.75) is 13.0 Å². The largest absolute Gasteiger partial charge is 0.377 e. The minimum Gasteiger partial charge on any atom is -0.377 e. The summed E-state index contributed by atoms with van der Waals surface area (Å²) in [6, 6.07) is 19.0. The highest BCUT2D eigenvalue weighted by Gasteiger charge is 2.11. The maximum Gasteiger partial charge on any atom is 0.234 e. The summed E-state index contributed by atoms with van der Waals surface area (Å²) in [5.41, 5.74) is 3.68. The standard InChI is InChI=1S/C18H16N4OS/c1-23-12-16-19-20-18-22(16)21-17(24-18)11-13-7-9-15(10-8-13)14-5-3-2-4-6-14/h2-10H,11-12H2,1H3. The van der Waals surface area contributed by atoms with Crippen molar-refractivity contribution in [1.29, 1.82) is 0 Å². The van der Waals surface area contributed by atoms with E-state index in [1.54, 1.807) is 23.0 Å². The third kappa shape index (κ3) is 2.93. The van der Waals surface area contributed by atoms with Crippen LogP contribution in [-0.2, 0) is 17.8 Å². The topological polar surface area (TPSA) is 52.3 Å². The second-order valence-corrected chi connectivity index (χ2v) is 6.52. The molecule has 0 amide bonds. The first-order valence-electron chi connectivity index (χ1n) is 7.67. The van der Waals surface area contributed by atoms with Gasteiger partial charge in [0.2, 0.25) is 4.96 Å². The zero-order chi connectivity index (χ0) is 16.4. The number of rotatable bonds is 5. The minimum absolute atomic E-state index is 0.413. The molecule has 0 saturated carbocycles. The lowest BCUT2D eigenvalue weighted by molar-refractivity contribution is 0.176. The molecule has 0 aliphatic heterocycles. The molecule has 2 aromatic heterocycles. The average Bonchev–Trinajstić information content (AvgIpc) is 3.18. The SMILES string of the molecule is COCc1nnc2sc(Cc3ccc(-c4ccccc4)cc3)nn12. The summed E-state index contributed by atoms with van der Waals surface area (Å²) in [4.78, 5) is 0.804. The highest BCUT2D eigenvalue weighted by Crippen LogP contribution is 2.22. The zero-order valence-corrected chi connectivity index (χ0v) is 14.0. The van der Waals surface area contributed by atoms with Gasteiger partial charge in [-0.1, -0.05) is 65.9 Å². The molecule has 0 atom stereocenters. The molecule has 0 N–H and O–H groups in total. The van der Waals surface area contributed by atoms with Crippen LogP contribution in [0.15, 0.2) is 54.6 Å². The zero-order valence-electron chi connectivity index (χ0n) is 13.2. The van der Waals surface area contributed by atoms with E-state index in [1.165, 1.54) is 16.7 Å². The van der Waals surface area contributed by atoms with Gasteiger partial charge in [0, 0.05) is 13.5 Å². The molecule has 120 valence electrons. The number of methoxy groups -OCH3 is 1. The first kappa shape index (κ1) is 15.0. The van der Waals surface area contributed by atoms with Gasteiger partial charge in [-0.05, 0) is 16.7 Å². The van der Waals surface area contributed by atoms with E-state index in [0.717, 1.165) is 22.2 Å². The molecule has 2 heterocycles. The molecule has 0 aliphatic rings. The number of ether oxygens (including phenoxy) is 1. The summed E-state index contributed by atoms with van der Waals surface area (Å²) in [6.07, 6.45) is 0.787. The second-order valence-electron chi connectivity index (χ2n) is 5.48. The van der Waals surface area contributed by atoms with Gasteiger partial charge < -0.3 is 4.74 Å². The highest BCUT2D eigenvalue weighted by molar-refractivity contribution is 7.16. The van der Waals surface area contributed by atoms with Crippen molar-refractivity contribution in [3.63, 3.8) is 0 Å². The highest BCUT2D eigenvalue weighted by atomic mass is 32.1. The molecule has 5 nitrogen and oxygen atoms in total. The third-order valence-electron chi connectivity index (χ3n) is 3.79. The number of hydrogen-bond acceptors (Lipinski definition) is 5. The number of nitrogens with zero attached hydrogens (tertiary/aromatic N) is 4. The Bertz CT molecular complexity index is 944. The van der Waals surface area contributed by atoms with Crippen molar-refractivity contribution in [2.75, 3.05) is 7.11 Å². The van der Waals surface area contributed by atoms with Crippen molar-refractivity contribution < 1.29 is 4.74 Å². The Morgan fingerprint density at radius 2 is 1.71 bits per heavy atom. The van der Waals surface area contributed by atoms with Crippen molar-refractivity contribution in [3.05, 3.63) is 71.0 Å². The second kappa shape index (κ2) is 6.51. The monoisotopic (exact) mass is 336 g/mol. The molecule has 0 saturated heterocycles. The van der Waals surface area contributed by atoms with Gasteiger partial charge in [0.25, 0.3) is 0 Å². The molecule has 0 unspecified atom stereocenters. The maximum absolute atomic E-state index is 5.12. The number of fused-ring (bicyclic) bond motifs is 1. The summed E-state index contributed by atoms with van der Waals surface area (Å²) in [6.45, 7) is 0.413. The van der Waals surface area contributed by atoms with E-state index in [-0.39, 0.29) is 0 Å². The van der Waals surface area contributed by atoms with Crippen LogP contribution in [0.2, 0.25) is 0 Å². The molecule has 0 aliphatic carbocycles.